The summed E-state index contributed by atoms with van der Waals surface area (Å²) in [5.41, 5.74) is -0.950. The molecule has 6 rings (SSSR count). The fourth-order valence-corrected chi connectivity index (χ4v) is 5.08. The molecule has 11 nitrogen and oxygen atoms in total. The minimum Gasteiger partial charge on any atom is -0.504 e. The van der Waals surface area contributed by atoms with E-state index >= 15 is 0 Å². The molecule has 3 aromatic carbocycles. The van der Waals surface area contributed by atoms with E-state index in [1.165, 1.54) is 6.07 Å². The van der Waals surface area contributed by atoms with E-state index in [4.69, 9.17) is 18.6 Å². The summed E-state index contributed by atoms with van der Waals surface area (Å²) in [6.07, 6.45) is -0.484. The fraction of sp³-hybridized carbons (Fsp3) is 0.167. The van der Waals surface area contributed by atoms with Crippen LogP contribution in [0.15, 0.2) is 68.6 Å². The lowest BCUT2D eigenvalue weighted by Gasteiger charge is -2.22. The number of aromatic hydroxyl groups is 3. The molecule has 1 unspecified atom stereocenters. The summed E-state index contributed by atoms with van der Waals surface area (Å²) < 4.78 is 22.2. The number of aromatic nitrogens is 1. The van der Waals surface area contributed by atoms with E-state index in [2.05, 4.69) is 4.98 Å². The highest BCUT2D eigenvalue weighted by molar-refractivity contribution is 5.94. The summed E-state index contributed by atoms with van der Waals surface area (Å²) in [4.78, 5) is 42.1. The predicted molar refractivity (Wildman–Crippen MR) is 147 cm³/mol. The molecule has 5 aromatic rings. The van der Waals surface area contributed by atoms with Crippen molar-refractivity contribution in [2.45, 2.75) is 12.3 Å². The Balaban J connectivity index is 1.66. The molecule has 1 atom stereocenters. The van der Waals surface area contributed by atoms with Gasteiger partial charge in [-0.25, -0.2) is 0 Å². The second-order valence-electron chi connectivity index (χ2n) is 9.47. The van der Waals surface area contributed by atoms with Crippen molar-refractivity contribution in [1.29, 1.82) is 0 Å². The van der Waals surface area contributed by atoms with Crippen LogP contribution in [0.5, 0.6) is 28.7 Å². The Hall–Kier alpha value is -5.45. The fourth-order valence-electron chi connectivity index (χ4n) is 5.08. The Morgan fingerprint density at radius 3 is 2.37 bits per heavy atom. The number of pyridine rings is 1. The Morgan fingerprint density at radius 2 is 1.66 bits per heavy atom. The molecule has 0 bridgehead atoms. The van der Waals surface area contributed by atoms with Crippen molar-refractivity contribution in [3.05, 3.63) is 86.3 Å². The predicted octanol–water partition coefficient (Wildman–Crippen LogP) is 3.88. The molecule has 11 heteroatoms. The van der Waals surface area contributed by atoms with Crippen LogP contribution in [0.2, 0.25) is 0 Å². The number of fused-ring (bicyclic) bond motifs is 3. The highest BCUT2D eigenvalue weighted by Crippen LogP contribution is 2.49. The van der Waals surface area contributed by atoms with Crippen LogP contribution in [0.25, 0.3) is 33.2 Å². The molecule has 2 aromatic heterocycles. The minimum absolute atomic E-state index is 0.00553. The van der Waals surface area contributed by atoms with Gasteiger partial charge in [0.25, 0.3) is 5.56 Å². The van der Waals surface area contributed by atoms with Crippen molar-refractivity contribution in [1.82, 2.24) is 4.98 Å². The van der Waals surface area contributed by atoms with E-state index in [1.807, 2.05) is 0 Å². The molecule has 0 aliphatic carbocycles. The number of hydrogen-bond acceptors (Lipinski definition) is 10. The number of phenolic OH excluding ortho intramolecular Hbond substituents is 3. The number of hydrogen-bond donors (Lipinski definition) is 4. The van der Waals surface area contributed by atoms with Crippen molar-refractivity contribution >= 4 is 27.8 Å². The molecular weight excluding hydrogens is 534 g/mol. The van der Waals surface area contributed by atoms with Crippen LogP contribution in [0.1, 0.15) is 23.5 Å². The third-order valence-corrected chi connectivity index (χ3v) is 7.05. The first-order valence-corrected chi connectivity index (χ1v) is 12.6. The zero-order valence-corrected chi connectivity index (χ0v) is 21.6. The summed E-state index contributed by atoms with van der Waals surface area (Å²) in [6.45, 7) is 0.698. The van der Waals surface area contributed by atoms with Gasteiger partial charge in [-0.05, 0) is 12.1 Å². The van der Waals surface area contributed by atoms with Crippen LogP contribution >= 0.6 is 0 Å². The average molecular weight is 558 g/mol. The van der Waals surface area contributed by atoms with Crippen LogP contribution in [0.3, 0.4) is 0 Å². The van der Waals surface area contributed by atoms with Gasteiger partial charge >= 0.3 is 5.97 Å². The van der Waals surface area contributed by atoms with Crippen LogP contribution in [0.4, 0.5) is 0 Å². The zero-order chi connectivity index (χ0) is 28.8. The molecule has 0 saturated carbocycles. The number of benzene rings is 3. The van der Waals surface area contributed by atoms with E-state index in [9.17, 15) is 29.7 Å². The number of aromatic amines is 1. The van der Waals surface area contributed by atoms with Crippen LogP contribution in [-0.2, 0) is 9.53 Å². The smallest absolute Gasteiger partial charge is 0.306 e. The van der Waals surface area contributed by atoms with E-state index in [1.54, 1.807) is 42.5 Å². The van der Waals surface area contributed by atoms with E-state index < -0.39 is 51.9 Å². The first kappa shape index (κ1) is 25.8. The number of H-pyrrole nitrogens is 1. The maximum atomic E-state index is 13.5. The molecule has 4 N–H and O–H groups in total. The van der Waals surface area contributed by atoms with Gasteiger partial charge < -0.3 is 38.9 Å². The molecule has 0 fully saturated rings. The molecule has 1 aliphatic heterocycles. The number of carbonyl (C=O) groups excluding carboxylic acids is 1. The van der Waals surface area contributed by atoms with Crippen LogP contribution in [-0.4, -0.2) is 46.6 Å². The van der Waals surface area contributed by atoms with Crippen molar-refractivity contribution in [2.75, 3.05) is 20.3 Å². The number of rotatable bonds is 5. The lowest BCUT2D eigenvalue weighted by atomic mass is 9.86. The standard InChI is InChI=1S/C30H23NO10/c1-38-23(33)11-16(17-9-15-10-21-22(40-8-7-39-21)12-18(15)31-30(17)37)24-26(34)28(36)27(35)25-19(32)13-20(41-29(24)25)14-5-3-2-4-6-14/h2-6,9-10,12-13,16,34-36H,7-8,11H2,1H3,(H,31,37). The first-order valence-electron chi connectivity index (χ1n) is 12.6. The summed E-state index contributed by atoms with van der Waals surface area (Å²) in [6, 6.07) is 14.5. The number of carbonyl (C=O) groups is 1. The lowest BCUT2D eigenvalue weighted by Crippen LogP contribution is -2.21. The summed E-state index contributed by atoms with van der Waals surface area (Å²) in [5, 5.41) is 32.5. The van der Waals surface area contributed by atoms with Gasteiger partial charge in [-0.1, -0.05) is 30.3 Å². The van der Waals surface area contributed by atoms with Gasteiger partial charge in [-0.15, -0.1) is 0 Å². The molecule has 208 valence electrons. The summed E-state index contributed by atoms with van der Waals surface area (Å²) in [7, 11) is 1.16. The Bertz CT molecular complexity index is 1960. The maximum Gasteiger partial charge on any atom is 0.306 e. The molecule has 3 heterocycles. The van der Waals surface area contributed by atoms with Crippen molar-refractivity contribution < 1.29 is 38.7 Å². The Morgan fingerprint density at radius 1 is 0.951 bits per heavy atom. The third-order valence-electron chi connectivity index (χ3n) is 7.05. The summed E-state index contributed by atoms with van der Waals surface area (Å²) >= 11 is 0. The second-order valence-corrected chi connectivity index (χ2v) is 9.47. The SMILES string of the molecule is COC(=O)CC(c1cc2cc3c(cc2[nH]c1=O)OCCO3)c1c(O)c(O)c(O)c2c(=O)cc(-c3ccccc3)oc12. The number of esters is 1. The first-order chi connectivity index (χ1) is 19.8. The Labute approximate surface area is 230 Å². The molecule has 0 saturated heterocycles. The normalized spacial score (nSPS) is 13.3. The monoisotopic (exact) mass is 557 g/mol. The van der Waals surface area contributed by atoms with Gasteiger partial charge in [-0.2, -0.15) is 0 Å². The van der Waals surface area contributed by atoms with E-state index in [-0.39, 0.29) is 22.5 Å². The summed E-state index contributed by atoms with van der Waals surface area (Å²) in [5.74, 6) is -3.78. The van der Waals surface area contributed by atoms with Crippen LogP contribution in [0, 0.1) is 0 Å². The highest BCUT2D eigenvalue weighted by atomic mass is 16.6. The largest absolute Gasteiger partial charge is 0.504 e. The van der Waals surface area contributed by atoms with E-state index in [0.717, 1.165) is 13.2 Å². The molecule has 41 heavy (non-hydrogen) atoms. The Kier molecular flexibility index (Phi) is 6.26. The van der Waals surface area contributed by atoms with Crippen molar-refractivity contribution in [3.63, 3.8) is 0 Å². The minimum atomic E-state index is -1.29. The van der Waals surface area contributed by atoms with Gasteiger partial charge in [0.1, 0.15) is 29.9 Å². The number of phenols is 3. The van der Waals surface area contributed by atoms with Gasteiger partial charge in [0.15, 0.2) is 28.4 Å². The van der Waals surface area contributed by atoms with Crippen LogP contribution < -0.4 is 20.5 Å². The molecule has 0 amide bonds. The average Bonchev–Trinajstić information content (AvgIpc) is 2.98. The second kappa shape index (κ2) is 9.94. The maximum absolute atomic E-state index is 13.5. The highest BCUT2D eigenvalue weighted by Gasteiger charge is 2.33. The quantitative estimate of drug-likeness (QED) is 0.184. The van der Waals surface area contributed by atoms with Crippen molar-refractivity contribution in [2.24, 2.45) is 0 Å². The molecular formula is C30H23NO10. The van der Waals surface area contributed by atoms with Gasteiger partial charge in [-0.3, -0.25) is 14.4 Å². The molecule has 0 spiro atoms. The molecule has 0 radical (unpaired) electrons. The van der Waals surface area contributed by atoms with Gasteiger partial charge in [0.2, 0.25) is 5.75 Å². The zero-order valence-electron chi connectivity index (χ0n) is 21.6. The topological polar surface area (TPSA) is 169 Å². The lowest BCUT2D eigenvalue weighted by molar-refractivity contribution is -0.140. The van der Waals surface area contributed by atoms with Gasteiger partial charge in [0.05, 0.1) is 19.0 Å². The number of nitrogens with one attached hydrogen (secondary N) is 1. The number of ether oxygens (including phenoxy) is 3. The van der Waals surface area contributed by atoms with Crippen molar-refractivity contribution in [3.8, 4) is 40.1 Å². The van der Waals surface area contributed by atoms with E-state index in [0.29, 0.717) is 41.2 Å². The van der Waals surface area contributed by atoms with Gasteiger partial charge in [0, 0.05) is 40.1 Å². The molecule has 1 aliphatic rings. The number of methoxy groups -OCH3 is 1. The third kappa shape index (κ3) is 4.37.